The van der Waals surface area contributed by atoms with Crippen LogP contribution < -0.4 is 21.7 Å². The van der Waals surface area contributed by atoms with Gasteiger partial charge in [0.25, 0.3) is 5.91 Å². The Hall–Kier alpha value is -3.68. The number of hydrogen-bond donors (Lipinski definition) is 6. The van der Waals surface area contributed by atoms with E-state index in [9.17, 15) is 23.1 Å². The van der Waals surface area contributed by atoms with Gasteiger partial charge in [-0.2, -0.15) is 18.3 Å². The molecule has 2 aromatic heterocycles. The topological polar surface area (TPSA) is 141 Å². The highest BCUT2D eigenvalue weighted by Crippen LogP contribution is 2.38. The van der Waals surface area contributed by atoms with Crippen molar-refractivity contribution >= 4 is 34.8 Å². The molecule has 0 aliphatic carbocycles. The van der Waals surface area contributed by atoms with Gasteiger partial charge in [-0.05, 0) is 43.3 Å². The van der Waals surface area contributed by atoms with Crippen LogP contribution in [0.15, 0.2) is 47.7 Å². The minimum atomic E-state index is -4.54. The third-order valence-corrected chi connectivity index (χ3v) is 6.62. The van der Waals surface area contributed by atoms with Crippen LogP contribution in [-0.4, -0.2) is 33.4 Å². The lowest BCUT2D eigenvalue weighted by Crippen LogP contribution is -2.50. The largest absolute Gasteiger partial charge is 0.433 e. The molecule has 1 amide bonds. The maximum Gasteiger partial charge on any atom is 0.433 e. The predicted molar refractivity (Wildman–Crippen MR) is 127 cm³/mol. The van der Waals surface area contributed by atoms with Gasteiger partial charge in [0.1, 0.15) is 11.4 Å². The van der Waals surface area contributed by atoms with Crippen LogP contribution in [0.1, 0.15) is 29.1 Å². The molecule has 0 spiro atoms. The van der Waals surface area contributed by atoms with Crippen LogP contribution in [0, 0.1) is 5.41 Å². The monoisotopic (exact) mass is 505 g/mol. The molecule has 7 N–H and O–H groups in total. The van der Waals surface area contributed by atoms with Gasteiger partial charge in [0.15, 0.2) is 6.35 Å². The summed E-state index contributed by atoms with van der Waals surface area (Å²) in [7, 11) is 1.22. The standard InChI is InChI=1S/C22H22F3N7O2S/c1-10-18(20(33)29-12-3-4-13(27)11(7-12)9-26)19(30-21(34)28-10)16-6-5-15(35-16)14-8-17(22(23,24)25)32(2)31-14/h3-9,19,21,26,28,30,34H,27H2,1-2H3,(H,29,33). The smallest absolute Gasteiger partial charge is 0.398 e. The quantitative estimate of drug-likeness (QED) is 0.232. The van der Waals surface area contributed by atoms with Gasteiger partial charge < -0.3 is 26.9 Å². The average Bonchev–Trinajstić information content (AvgIpc) is 3.41. The first-order valence-electron chi connectivity index (χ1n) is 10.3. The van der Waals surface area contributed by atoms with Crippen molar-refractivity contribution in [1.82, 2.24) is 20.4 Å². The van der Waals surface area contributed by atoms with Crippen LogP contribution in [0.25, 0.3) is 10.6 Å². The van der Waals surface area contributed by atoms with E-state index < -0.39 is 30.2 Å². The molecule has 0 bridgehead atoms. The zero-order valence-electron chi connectivity index (χ0n) is 18.6. The third-order valence-electron chi connectivity index (χ3n) is 5.45. The van der Waals surface area contributed by atoms with E-state index in [1.165, 1.54) is 7.05 Å². The zero-order valence-corrected chi connectivity index (χ0v) is 19.4. The van der Waals surface area contributed by atoms with Gasteiger partial charge in [-0.3, -0.25) is 14.8 Å². The Morgan fingerprint density at radius 3 is 2.71 bits per heavy atom. The van der Waals surface area contributed by atoms with E-state index in [-0.39, 0.29) is 11.3 Å². The molecule has 0 fully saturated rings. The number of allylic oxidation sites excluding steroid dienone is 1. The highest BCUT2D eigenvalue weighted by atomic mass is 32.1. The van der Waals surface area contributed by atoms with Crippen LogP contribution in [0.5, 0.6) is 0 Å². The molecule has 35 heavy (non-hydrogen) atoms. The lowest BCUT2D eigenvalue weighted by Gasteiger charge is -2.32. The second-order valence-electron chi connectivity index (χ2n) is 7.87. The fourth-order valence-electron chi connectivity index (χ4n) is 3.78. The molecule has 3 aromatic rings. The first-order chi connectivity index (χ1) is 16.5. The average molecular weight is 506 g/mol. The van der Waals surface area contributed by atoms with Gasteiger partial charge in [0, 0.05) is 40.8 Å². The molecule has 2 unspecified atom stereocenters. The summed E-state index contributed by atoms with van der Waals surface area (Å²) >= 11 is 1.16. The van der Waals surface area contributed by atoms with Crippen molar-refractivity contribution in [3.63, 3.8) is 0 Å². The van der Waals surface area contributed by atoms with E-state index in [1.807, 2.05) is 0 Å². The Kier molecular flexibility index (Phi) is 6.40. The lowest BCUT2D eigenvalue weighted by molar-refractivity contribution is -0.143. The molecule has 3 heterocycles. The fraction of sp³-hybridized carbons (Fsp3) is 0.227. The summed E-state index contributed by atoms with van der Waals surface area (Å²) in [6.07, 6.45) is -4.60. The van der Waals surface area contributed by atoms with Crippen LogP contribution in [-0.2, 0) is 18.0 Å². The Morgan fingerprint density at radius 1 is 1.31 bits per heavy atom. The molecule has 0 saturated heterocycles. The number of aliphatic hydroxyl groups excluding tert-OH is 1. The molecule has 2 atom stereocenters. The van der Waals surface area contributed by atoms with Gasteiger partial charge in [0.2, 0.25) is 0 Å². The number of nitrogens with one attached hydrogen (secondary N) is 4. The molecule has 4 rings (SSSR count). The number of alkyl halides is 3. The number of carbonyl (C=O) groups excluding carboxylic acids is 1. The third kappa shape index (κ3) is 4.92. The summed E-state index contributed by atoms with van der Waals surface area (Å²) in [5, 5.41) is 30.0. The van der Waals surface area contributed by atoms with E-state index in [0.717, 1.165) is 28.3 Å². The maximum absolute atomic E-state index is 13.2. The molecule has 1 aliphatic heterocycles. The summed E-state index contributed by atoms with van der Waals surface area (Å²) in [4.78, 5) is 14.3. The van der Waals surface area contributed by atoms with Gasteiger partial charge in [0.05, 0.1) is 16.5 Å². The van der Waals surface area contributed by atoms with Crippen LogP contribution in [0.3, 0.4) is 0 Å². The van der Waals surface area contributed by atoms with Crippen LogP contribution in [0.4, 0.5) is 24.5 Å². The number of hydrogen-bond acceptors (Lipinski definition) is 8. The fourth-order valence-corrected chi connectivity index (χ4v) is 4.82. The van der Waals surface area contributed by atoms with E-state index in [0.29, 0.717) is 32.4 Å². The molecule has 184 valence electrons. The summed E-state index contributed by atoms with van der Waals surface area (Å²) in [6.45, 7) is 1.64. The van der Waals surface area contributed by atoms with E-state index >= 15 is 0 Å². The van der Waals surface area contributed by atoms with Gasteiger partial charge in [-0.15, -0.1) is 11.3 Å². The van der Waals surface area contributed by atoms with Crippen LogP contribution in [0.2, 0.25) is 0 Å². The van der Waals surface area contributed by atoms with Gasteiger partial charge >= 0.3 is 6.18 Å². The second-order valence-corrected chi connectivity index (χ2v) is 8.98. The first-order valence-corrected chi connectivity index (χ1v) is 11.1. The summed E-state index contributed by atoms with van der Waals surface area (Å²) in [6, 6.07) is 8.26. The number of carbonyl (C=O) groups is 1. The molecule has 0 saturated carbocycles. The number of anilines is 2. The number of halogens is 3. The SMILES string of the molecule is CC1=C(C(=O)Nc2ccc(N)c(C=N)c2)C(c2ccc(-c3cc(C(F)(F)F)n(C)n3)s2)NC(O)N1. The molecular formula is C22H22F3N7O2S. The summed E-state index contributed by atoms with van der Waals surface area (Å²) < 4.78 is 40.3. The van der Waals surface area contributed by atoms with E-state index in [1.54, 1.807) is 37.3 Å². The molecule has 1 aliphatic rings. The van der Waals surface area contributed by atoms with Crippen molar-refractivity contribution in [1.29, 1.82) is 5.41 Å². The van der Waals surface area contributed by atoms with Crippen molar-refractivity contribution < 1.29 is 23.1 Å². The van der Waals surface area contributed by atoms with E-state index in [4.69, 9.17) is 11.1 Å². The number of nitrogen functional groups attached to an aromatic ring is 1. The van der Waals surface area contributed by atoms with Gasteiger partial charge in [-0.25, -0.2) is 0 Å². The number of nitrogens with two attached hydrogens (primary N) is 1. The van der Waals surface area contributed by atoms with Crippen molar-refractivity contribution in [3.05, 3.63) is 63.8 Å². The van der Waals surface area contributed by atoms with Crippen molar-refractivity contribution in [3.8, 4) is 10.6 Å². The highest BCUT2D eigenvalue weighted by Gasteiger charge is 2.36. The van der Waals surface area contributed by atoms with Crippen LogP contribution >= 0.6 is 11.3 Å². The number of aryl methyl sites for hydroxylation is 1. The zero-order chi connectivity index (χ0) is 25.5. The Bertz CT molecular complexity index is 1330. The van der Waals surface area contributed by atoms with Crippen molar-refractivity contribution in [2.75, 3.05) is 11.1 Å². The minimum Gasteiger partial charge on any atom is -0.398 e. The van der Waals surface area contributed by atoms with E-state index in [2.05, 4.69) is 21.0 Å². The Labute approximate surface area is 202 Å². The number of nitrogens with zero attached hydrogens (tertiary/aromatic N) is 2. The first kappa shape index (κ1) is 24.4. The number of rotatable bonds is 5. The minimum absolute atomic E-state index is 0.151. The molecular weight excluding hydrogens is 483 g/mol. The molecule has 13 heteroatoms. The number of thiophene rings is 1. The number of benzene rings is 1. The summed E-state index contributed by atoms with van der Waals surface area (Å²) in [5.74, 6) is -0.466. The highest BCUT2D eigenvalue weighted by molar-refractivity contribution is 7.15. The summed E-state index contributed by atoms with van der Waals surface area (Å²) in [5.41, 5.74) is 7.05. The Balaban J connectivity index is 1.65. The number of amides is 1. The van der Waals surface area contributed by atoms with Crippen molar-refractivity contribution in [2.24, 2.45) is 7.05 Å². The molecule has 0 radical (unpaired) electrons. The predicted octanol–water partition coefficient (Wildman–Crippen LogP) is 3.17. The Morgan fingerprint density at radius 2 is 2.06 bits per heavy atom. The lowest BCUT2D eigenvalue weighted by atomic mass is 10.00. The number of aromatic nitrogens is 2. The van der Waals surface area contributed by atoms with Gasteiger partial charge in [-0.1, -0.05) is 0 Å². The maximum atomic E-state index is 13.2. The molecule has 9 nitrogen and oxygen atoms in total. The number of aliphatic hydroxyl groups is 1. The second kappa shape index (κ2) is 9.17. The van der Waals surface area contributed by atoms with Crippen molar-refractivity contribution in [2.45, 2.75) is 25.5 Å². The normalized spacial score (nSPS) is 18.3. The molecule has 1 aromatic carbocycles.